The fourth-order valence-corrected chi connectivity index (χ4v) is 3.76. The van der Waals surface area contributed by atoms with E-state index < -0.39 is 0 Å². The zero-order chi connectivity index (χ0) is 13.1. The molecule has 0 radical (unpaired) electrons. The van der Waals surface area contributed by atoms with E-state index in [-0.39, 0.29) is 24.8 Å². The number of nitrogens with one attached hydrogen (secondary N) is 1. The Morgan fingerprint density at radius 1 is 1.05 bits per heavy atom. The van der Waals surface area contributed by atoms with Gasteiger partial charge in [0.05, 0.1) is 0 Å². The molecule has 1 aromatic carbocycles. The van der Waals surface area contributed by atoms with E-state index in [9.17, 15) is 0 Å². The molecule has 2 nitrogen and oxygen atoms in total. The lowest BCUT2D eigenvalue weighted by atomic mass is 9.73. The topological polar surface area (TPSA) is 15.3 Å². The molecule has 0 unspecified atom stereocenters. The van der Waals surface area contributed by atoms with E-state index in [1.807, 2.05) is 0 Å². The number of aryl methyl sites for hydroxylation is 1. The predicted molar refractivity (Wildman–Crippen MR) is 94.7 cm³/mol. The molecule has 0 saturated carbocycles. The predicted octanol–water partition coefficient (Wildman–Crippen LogP) is 3.80. The quantitative estimate of drug-likeness (QED) is 0.887. The van der Waals surface area contributed by atoms with Crippen LogP contribution in [0.3, 0.4) is 0 Å². The fourth-order valence-electron chi connectivity index (χ4n) is 3.76. The van der Waals surface area contributed by atoms with Crippen molar-refractivity contribution in [3.8, 4) is 0 Å². The second-order valence-corrected chi connectivity index (χ2v) is 6.55. The maximum absolute atomic E-state index is 3.51. The summed E-state index contributed by atoms with van der Waals surface area (Å²) in [5, 5.41) is 3.51. The molecule has 4 heteroatoms. The zero-order valence-corrected chi connectivity index (χ0v) is 14.6. The van der Waals surface area contributed by atoms with Gasteiger partial charge in [-0.25, -0.2) is 0 Å². The summed E-state index contributed by atoms with van der Waals surface area (Å²) >= 11 is 0. The minimum Gasteiger partial charge on any atom is -0.317 e. The minimum absolute atomic E-state index is 0. The van der Waals surface area contributed by atoms with Crippen molar-refractivity contribution in [2.24, 2.45) is 5.41 Å². The molecule has 2 heterocycles. The van der Waals surface area contributed by atoms with Gasteiger partial charge in [0, 0.05) is 13.1 Å². The molecule has 0 bridgehead atoms. The van der Waals surface area contributed by atoms with Gasteiger partial charge in [-0.1, -0.05) is 29.8 Å². The standard InChI is InChI=1S/C17H26N2.2ClH/c1-15-3-5-16(6-4-15)13-19-12-2-7-17(14-19)8-10-18-11-9-17;;/h3-6,18H,2,7-14H2,1H3;2*1H. The van der Waals surface area contributed by atoms with Gasteiger partial charge in [-0.3, -0.25) is 4.90 Å². The molecule has 0 atom stereocenters. The molecule has 1 spiro atoms. The van der Waals surface area contributed by atoms with Crippen molar-refractivity contribution in [2.75, 3.05) is 26.2 Å². The van der Waals surface area contributed by atoms with Crippen LogP contribution >= 0.6 is 24.8 Å². The highest BCUT2D eigenvalue weighted by atomic mass is 35.5. The molecule has 2 fully saturated rings. The Labute approximate surface area is 141 Å². The van der Waals surface area contributed by atoms with E-state index >= 15 is 0 Å². The average Bonchev–Trinajstić information content (AvgIpc) is 2.42. The Kier molecular flexibility index (Phi) is 7.49. The number of piperidine rings is 2. The molecule has 1 aromatic rings. The fraction of sp³-hybridized carbons (Fsp3) is 0.647. The van der Waals surface area contributed by atoms with Crippen molar-refractivity contribution in [2.45, 2.75) is 39.2 Å². The van der Waals surface area contributed by atoms with Gasteiger partial charge in [0.1, 0.15) is 0 Å². The largest absolute Gasteiger partial charge is 0.317 e. The second kappa shape index (κ2) is 8.38. The summed E-state index contributed by atoms with van der Waals surface area (Å²) in [5.41, 5.74) is 3.45. The van der Waals surface area contributed by atoms with Gasteiger partial charge < -0.3 is 5.32 Å². The lowest BCUT2D eigenvalue weighted by molar-refractivity contribution is 0.0551. The molecule has 1 N–H and O–H groups in total. The van der Waals surface area contributed by atoms with Crippen molar-refractivity contribution in [1.29, 1.82) is 0 Å². The number of nitrogens with zero attached hydrogens (tertiary/aromatic N) is 1. The smallest absolute Gasteiger partial charge is 0.0233 e. The molecule has 2 aliphatic heterocycles. The lowest BCUT2D eigenvalue weighted by Gasteiger charge is -2.45. The monoisotopic (exact) mass is 330 g/mol. The molecule has 0 amide bonds. The van der Waals surface area contributed by atoms with E-state index in [2.05, 4.69) is 41.4 Å². The number of likely N-dealkylation sites (tertiary alicyclic amines) is 1. The second-order valence-electron chi connectivity index (χ2n) is 6.55. The van der Waals surface area contributed by atoms with Crippen LogP contribution in [0.4, 0.5) is 0 Å². The summed E-state index contributed by atoms with van der Waals surface area (Å²) in [4.78, 5) is 2.68. The molecule has 2 aliphatic rings. The Bertz CT molecular complexity index is 408. The van der Waals surface area contributed by atoms with Crippen molar-refractivity contribution in [3.63, 3.8) is 0 Å². The van der Waals surface area contributed by atoms with Crippen molar-refractivity contribution in [1.82, 2.24) is 10.2 Å². The van der Waals surface area contributed by atoms with Gasteiger partial charge >= 0.3 is 0 Å². The van der Waals surface area contributed by atoms with Crippen LogP contribution in [0.25, 0.3) is 0 Å². The maximum atomic E-state index is 3.51. The molecule has 3 rings (SSSR count). The van der Waals surface area contributed by atoms with Gasteiger partial charge in [-0.15, -0.1) is 24.8 Å². The summed E-state index contributed by atoms with van der Waals surface area (Å²) in [6.07, 6.45) is 5.57. The molecule has 21 heavy (non-hydrogen) atoms. The average molecular weight is 331 g/mol. The van der Waals surface area contributed by atoms with Crippen LogP contribution in [0.1, 0.15) is 36.8 Å². The number of hydrogen-bond acceptors (Lipinski definition) is 2. The third kappa shape index (κ3) is 4.85. The third-order valence-electron chi connectivity index (χ3n) is 4.93. The van der Waals surface area contributed by atoms with Crippen LogP contribution in [0, 0.1) is 12.3 Å². The van der Waals surface area contributed by atoms with E-state index in [0.29, 0.717) is 5.41 Å². The van der Waals surface area contributed by atoms with Crippen LogP contribution < -0.4 is 5.32 Å². The summed E-state index contributed by atoms with van der Waals surface area (Å²) in [6.45, 7) is 8.33. The summed E-state index contributed by atoms with van der Waals surface area (Å²) in [6, 6.07) is 9.05. The van der Waals surface area contributed by atoms with E-state index in [4.69, 9.17) is 0 Å². The normalized spacial score (nSPS) is 21.4. The Morgan fingerprint density at radius 2 is 1.71 bits per heavy atom. The summed E-state index contributed by atoms with van der Waals surface area (Å²) in [5.74, 6) is 0. The SMILES string of the molecule is Cc1ccc(CN2CCCC3(CCNCC3)C2)cc1.Cl.Cl. The van der Waals surface area contributed by atoms with Crippen LogP contribution in [-0.4, -0.2) is 31.1 Å². The summed E-state index contributed by atoms with van der Waals surface area (Å²) < 4.78 is 0. The van der Waals surface area contributed by atoms with Crippen LogP contribution in [0.15, 0.2) is 24.3 Å². The highest BCUT2D eigenvalue weighted by Gasteiger charge is 2.36. The molecule has 0 aliphatic carbocycles. The first-order valence-corrected chi connectivity index (χ1v) is 7.74. The molecule has 2 saturated heterocycles. The zero-order valence-electron chi connectivity index (χ0n) is 12.9. The first-order valence-electron chi connectivity index (χ1n) is 7.74. The Morgan fingerprint density at radius 3 is 2.38 bits per heavy atom. The number of benzene rings is 1. The van der Waals surface area contributed by atoms with E-state index in [1.54, 1.807) is 0 Å². The van der Waals surface area contributed by atoms with Crippen LogP contribution in [-0.2, 0) is 6.54 Å². The number of hydrogen-bond donors (Lipinski definition) is 1. The van der Waals surface area contributed by atoms with Crippen molar-refractivity contribution < 1.29 is 0 Å². The molecular weight excluding hydrogens is 303 g/mol. The molecular formula is C17H28Cl2N2. The maximum Gasteiger partial charge on any atom is 0.0233 e. The van der Waals surface area contributed by atoms with Gasteiger partial charge in [-0.05, 0) is 63.2 Å². The van der Waals surface area contributed by atoms with Gasteiger partial charge in [-0.2, -0.15) is 0 Å². The molecule has 0 aromatic heterocycles. The van der Waals surface area contributed by atoms with Crippen LogP contribution in [0.5, 0.6) is 0 Å². The Hall–Kier alpha value is -0.280. The van der Waals surface area contributed by atoms with E-state index in [1.165, 1.54) is 63.0 Å². The van der Waals surface area contributed by atoms with E-state index in [0.717, 1.165) is 6.54 Å². The van der Waals surface area contributed by atoms with Crippen LogP contribution in [0.2, 0.25) is 0 Å². The van der Waals surface area contributed by atoms with Gasteiger partial charge in [0.2, 0.25) is 0 Å². The molecule has 120 valence electrons. The third-order valence-corrected chi connectivity index (χ3v) is 4.93. The van der Waals surface area contributed by atoms with Crippen molar-refractivity contribution >= 4 is 24.8 Å². The highest BCUT2D eigenvalue weighted by Crippen LogP contribution is 2.38. The Balaban J connectivity index is 0.00000110. The minimum atomic E-state index is 0. The van der Waals surface area contributed by atoms with Gasteiger partial charge in [0.25, 0.3) is 0 Å². The van der Waals surface area contributed by atoms with Crippen molar-refractivity contribution in [3.05, 3.63) is 35.4 Å². The van der Waals surface area contributed by atoms with Gasteiger partial charge in [0.15, 0.2) is 0 Å². The summed E-state index contributed by atoms with van der Waals surface area (Å²) in [7, 11) is 0. The number of rotatable bonds is 2. The lowest BCUT2D eigenvalue weighted by Crippen LogP contribution is -2.48. The first-order chi connectivity index (χ1) is 9.26. The first kappa shape index (κ1) is 18.8. The highest BCUT2D eigenvalue weighted by molar-refractivity contribution is 5.85. The number of halogens is 2.